The molecule has 0 fully saturated rings. The van der Waals surface area contributed by atoms with Gasteiger partial charge in [0.05, 0.1) is 20.4 Å². The summed E-state index contributed by atoms with van der Waals surface area (Å²) in [5.74, 6) is 0.920. The number of carbonyl (C=O) groups is 1. The zero-order chi connectivity index (χ0) is 18.5. The van der Waals surface area contributed by atoms with Crippen LogP contribution in [-0.4, -0.2) is 26.3 Å². The summed E-state index contributed by atoms with van der Waals surface area (Å²) < 4.78 is 11.3. The lowest BCUT2D eigenvalue weighted by molar-refractivity contribution is 0.0957. The summed E-state index contributed by atoms with van der Waals surface area (Å²) in [5.41, 5.74) is 3.90. The van der Waals surface area contributed by atoms with E-state index in [0.29, 0.717) is 17.1 Å². The summed E-state index contributed by atoms with van der Waals surface area (Å²) >= 11 is 3.46. The first-order valence-electron chi connectivity index (χ1n) is 7.86. The third-order valence-electron chi connectivity index (χ3n) is 3.91. The highest BCUT2D eigenvalue weighted by Gasteiger charge is 2.10. The van der Waals surface area contributed by atoms with Gasteiger partial charge in [-0.15, -0.1) is 0 Å². The number of hydrogen-bond acceptors (Lipinski definition) is 4. The van der Waals surface area contributed by atoms with Gasteiger partial charge in [0.15, 0.2) is 11.5 Å². The number of ether oxygens (including phenoxy) is 2. The smallest absolute Gasteiger partial charge is 0.271 e. The second kappa shape index (κ2) is 8.01. The molecule has 132 valence electrons. The van der Waals surface area contributed by atoms with Gasteiger partial charge >= 0.3 is 0 Å². The molecule has 0 saturated carbocycles. The highest BCUT2D eigenvalue weighted by Crippen LogP contribution is 2.32. The van der Waals surface area contributed by atoms with E-state index in [2.05, 4.69) is 26.5 Å². The minimum atomic E-state index is -0.269. The van der Waals surface area contributed by atoms with Crippen molar-refractivity contribution in [1.82, 2.24) is 5.43 Å². The van der Waals surface area contributed by atoms with E-state index in [1.807, 2.05) is 36.4 Å². The van der Waals surface area contributed by atoms with Crippen LogP contribution in [0.2, 0.25) is 0 Å². The van der Waals surface area contributed by atoms with Gasteiger partial charge in [-0.25, -0.2) is 5.43 Å². The van der Waals surface area contributed by atoms with Gasteiger partial charge in [-0.1, -0.05) is 36.4 Å². The maximum absolute atomic E-state index is 12.5. The third kappa shape index (κ3) is 3.70. The molecule has 3 aromatic rings. The van der Waals surface area contributed by atoms with Gasteiger partial charge in [0, 0.05) is 15.6 Å². The average Bonchev–Trinajstić information content (AvgIpc) is 2.68. The van der Waals surface area contributed by atoms with Crippen LogP contribution in [0, 0.1) is 0 Å². The molecule has 26 heavy (non-hydrogen) atoms. The number of carbonyl (C=O) groups excluding carboxylic acids is 1. The zero-order valence-electron chi connectivity index (χ0n) is 14.3. The molecule has 3 aromatic carbocycles. The first-order chi connectivity index (χ1) is 12.6. The number of amides is 1. The summed E-state index contributed by atoms with van der Waals surface area (Å²) in [5, 5.41) is 5.96. The predicted molar refractivity (Wildman–Crippen MR) is 106 cm³/mol. The number of halogens is 1. The molecule has 1 amide bonds. The van der Waals surface area contributed by atoms with Gasteiger partial charge in [0.1, 0.15) is 0 Å². The first kappa shape index (κ1) is 17.9. The lowest BCUT2D eigenvalue weighted by atomic mass is 10.0. The van der Waals surface area contributed by atoms with Gasteiger partial charge in [0.2, 0.25) is 0 Å². The summed E-state index contributed by atoms with van der Waals surface area (Å²) in [6.45, 7) is 0. The van der Waals surface area contributed by atoms with Gasteiger partial charge in [-0.2, -0.15) is 5.10 Å². The van der Waals surface area contributed by atoms with E-state index in [9.17, 15) is 4.79 Å². The maximum atomic E-state index is 12.5. The second-order valence-corrected chi connectivity index (χ2v) is 6.31. The molecule has 5 nitrogen and oxygen atoms in total. The molecule has 0 aliphatic carbocycles. The highest BCUT2D eigenvalue weighted by atomic mass is 79.9. The fraction of sp³-hybridized carbons (Fsp3) is 0.100. The molecule has 0 bridgehead atoms. The topological polar surface area (TPSA) is 59.9 Å². The van der Waals surface area contributed by atoms with Crippen molar-refractivity contribution in [2.75, 3.05) is 14.2 Å². The Bertz CT molecular complexity index is 981. The van der Waals surface area contributed by atoms with Crippen LogP contribution in [0.15, 0.2) is 64.2 Å². The number of methoxy groups -OCH3 is 2. The van der Waals surface area contributed by atoms with Crippen molar-refractivity contribution in [3.05, 3.63) is 70.2 Å². The van der Waals surface area contributed by atoms with Gasteiger partial charge < -0.3 is 9.47 Å². The van der Waals surface area contributed by atoms with Crippen molar-refractivity contribution in [2.45, 2.75) is 0 Å². The average molecular weight is 413 g/mol. The molecule has 0 spiro atoms. The van der Waals surface area contributed by atoms with Gasteiger partial charge in [-0.05, 0) is 44.9 Å². The van der Waals surface area contributed by atoms with Crippen molar-refractivity contribution < 1.29 is 14.3 Å². The summed E-state index contributed by atoms with van der Waals surface area (Å²) in [6, 6.07) is 16.9. The maximum Gasteiger partial charge on any atom is 0.271 e. The van der Waals surface area contributed by atoms with Crippen LogP contribution in [-0.2, 0) is 0 Å². The largest absolute Gasteiger partial charge is 0.493 e. The molecule has 3 rings (SSSR count). The molecule has 0 radical (unpaired) electrons. The Morgan fingerprint density at radius 2 is 1.73 bits per heavy atom. The minimum Gasteiger partial charge on any atom is -0.493 e. The van der Waals surface area contributed by atoms with Gasteiger partial charge in [0.25, 0.3) is 5.91 Å². The third-order valence-corrected chi connectivity index (χ3v) is 4.59. The van der Waals surface area contributed by atoms with E-state index >= 15 is 0 Å². The van der Waals surface area contributed by atoms with Crippen LogP contribution in [0.1, 0.15) is 15.9 Å². The van der Waals surface area contributed by atoms with Crippen LogP contribution in [0.5, 0.6) is 11.5 Å². The molecule has 0 saturated heterocycles. The SMILES string of the molecule is COc1cc(Br)c(/C=N\NC(=O)c2cccc3ccccc23)cc1OC. The van der Waals surface area contributed by atoms with Crippen LogP contribution < -0.4 is 14.9 Å². The first-order valence-corrected chi connectivity index (χ1v) is 8.66. The van der Waals surface area contributed by atoms with E-state index in [0.717, 1.165) is 20.8 Å². The molecule has 0 atom stereocenters. The quantitative estimate of drug-likeness (QED) is 0.499. The van der Waals surface area contributed by atoms with E-state index in [-0.39, 0.29) is 5.91 Å². The lowest BCUT2D eigenvalue weighted by Gasteiger charge is -2.09. The molecular formula is C20H17BrN2O3. The summed E-state index contributed by atoms with van der Waals surface area (Å²) in [6.07, 6.45) is 1.55. The number of fused-ring (bicyclic) bond motifs is 1. The Balaban J connectivity index is 1.81. The normalized spacial score (nSPS) is 10.9. The molecule has 6 heteroatoms. The predicted octanol–water partition coefficient (Wildman–Crippen LogP) is 4.38. The Hall–Kier alpha value is -2.86. The van der Waals surface area contributed by atoms with Crippen molar-refractivity contribution in [1.29, 1.82) is 0 Å². The molecule has 1 N–H and O–H groups in total. The number of hydrogen-bond donors (Lipinski definition) is 1. The van der Waals surface area contributed by atoms with E-state index in [4.69, 9.17) is 9.47 Å². The van der Waals surface area contributed by atoms with Crippen LogP contribution in [0.25, 0.3) is 10.8 Å². The standard InChI is InChI=1S/C20H17BrN2O3/c1-25-18-10-14(17(21)11-19(18)26-2)12-22-23-20(24)16-9-5-7-13-6-3-4-8-15(13)16/h3-12H,1-2H3,(H,23,24)/b22-12-. The minimum absolute atomic E-state index is 0.269. The van der Waals surface area contributed by atoms with Crippen molar-refractivity contribution in [3.8, 4) is 11.5 Å². The molecule has 0 aliphatic heterocycles. The Labute approximate surface area is 159 Å². The molecular weight excluding hydrogens is 396 g/mol. The molecule has 0 aromatic heterocycles. The molecule has 0 aliphatic rings. The van der Waals surface area contributed by atoms with E-state index in [1.165, 1.54) is 0 Å². The monoisotopic (exact) mass is 412 g/mol. The fourth-order valence-electron chi connectivity index (χ4n) is 2.61. The molecule has 0 heterocycles. The second-order valence-electron chi connectivity index (χ2n) is 5.45. The van der Waals surface area contributed by atoms with Gasteiger partial charge in [-0.3, -0.25) is 4.79 Å². The van der Waals surface area contributed by atoms with Crippen molar-refractivity contribution in [3.63, 3.8) is 0 Å². The Morgan fingerprint density at radius 1 is 1.04 bits per heavy atom. The van der Waals surface area contributed by atoms with Crippen LogP contribution >= 0.6 is 15.9 Å². The van der Waals surface area contributed by atoms with E-state index in [1.54, 1.807) is 38.6 Å². The Kier molecular flexibility index (Phi) is 5.53. The van der Waals surface area contributed by atoms with Crippen molar-refractivity contribution in [2.24, 2.45) is 5.10 Å². The highest BCUT2D eigenvalue weighted by molar-refractivity contribution is 9.10. The number of rotatable bonds is 5. The number of nitrogens with one attached hydrogen (secondary N) is 1. The van der Waals surface area contributed by atoms with Crippen molar-refractivity contribution >= 4 is 38.8 Å². The summed E-state index contributed by atoms with van der Waals surface area (Å²) in [4.78, 5) is 12.5. The van der Waals surface area contributed by atoms with E-state index < -0.39 is 0 Å². The number of nitrogens with zero attached hydrogens (tertiary/aromatic N) is 1. The zero-order valence-corrected chi connectivity index (χ0v) is 15.9. The lowest BCUT2D eigenvalue weighted by Crippen LogP contribution is -2.18. The fourth-order valence-corrected chi connectivity index (χ4v) is 3.04. The Morgan fingerprint density at radius 3 is 2.50 bits per heavy atom. The molecule has 0 unspecified atom stereocenters. The number of hydrazone groups is 1. The number of benzene rings is 3. The summed E-state index contributed by atoms with van der Waals surface area (Å²) in [7, 11) is 3.14. The van der Waals surface area contributed by atoms with Crippen LogP contribution in [0.3, 0.4) is 0 Å². The van der Waals surface area contributed by atoms with Crippen LogP contribution in [0.4, 0.5) is 0 Å².